The van der Waals surface area contributed by atoms with Crippen LogP contribution in [0.1, 0.15) is 5.56 Å². The topological polar surface area (TPSA) is 30.2 Å². The molecule has 66 valence electrons. The van der Waals surface area contributed by atoms with Crippen LogP contribution < -0.4 is 0 Å². The van der Waals surface area contributed by atoms with Gasteiger partial charge in [0.05, 0.1) is 6.26 Å². The summed E-state index contributed by atoms with van der Waals surface area (Å²) in [5.41, 5.74) is 1.63. The molecule has 0 spiro atoms. The molecule has 0 saturated heterocycles. The number of rotatable bonds is 2. The van der Waals surface area contributed by atoms with E-state index in [4.69, 9.17) is 16.0 Å². The van der Waals surface area contributed by atoms with Crippen molar-refractivity contribution < 1.29 is 9.21 Å². The predicted octanol–water partition coefficient (Wildman–Crippen LogP) is 2.83. The first-order valence-corrected chi connectivity index (χ1v) is 4.28. The number of hydrogen-bond donors (Lipinski definition) is 0. The fourth-order valence-corrected chi connectivity index (χ4v) is 1.47. The third kappa shape index (κ3) is 1.45. The van der Waals surface area contributed by atoms with E-state index < -0.39 is 0 Å². The van der Waals surface area contributed by atoms with Crippen molar-refractivity contribution in [1.82, 2.24) is 0 Å². The summed E-state index contributed by atoms with van der Waals surface area (Å²) in [6.07, 6.45) is 2.84. The fraction of sp³-hybridized carbons (Fsp3) is 0.100. The van der Waals surface area contributed by atoms with Gasteiger partial charge in [0.15, 0.2) is 0 Å². The average molecular weight is 195 g/mol. The lowest BCUT2D eigenvalue weighted by molar-refractivity contribution is -0.107. The number of carbonyl (C=O) groups excluding carboxylic acids is 1. The van der Waals surface area contributed by atoms with Gasteiger partial charge in [0.25, 0.3) is 0 Å². The van der Waals surface area contributed by atoms with Gasteiger partial charge in [-0.2, -0.15) is 0 Å². The Morgan fingerprint density at radius 2 is 2.31 bits per heavy atom. The van der Waals surface area contributed by atoms with Crippen molar-refractivity contribution in [1.29, 1.82) is 0 Å². The second-order valence-electron chi connectivity index (χ2n) is 2.77. The van der Waals surface area contributed by atoms with Crippen LogP contribution in [0.25, 0.3) is 11.0 Å². The van der Waals surface area contributed by atoms with Crippen molar-refractivity contribution >= 4 is 28.9 Å². The molecule has 0 radical (unpaired) electrons. The van der Waals surface area contributed by atoms with E-state index in [0.717, 1.165) is 22.8 Å². The van der Waals surface area contributed by atoms with Crippen LogP contribution in [0.2, 0.25) is 5.02 Å². The minimum atomic E-state index is 0.384. The zero-order chi connectivity index (χ0) is 9.26. The quantitative estimate of drug-likeness (QED) is 0.689. The van der Waals surface area contributed by atoms with Gasteiger partial charge >= 0.3 is 0 Å². The summed E-state index contributed by atoms with van der Waals surface area (Å²) >= 11 is 5.78. The van der Waals surface area contributed by atoms with Gasteiger partial charge in [0, 0.05) is 22.4 Å². The van der Waals surface area contributed by atoms with Gasteiger partial charge in [-0.25, -0.2) is 0 Å². The van der Waals surface area contributed by atoms with Crippen LogP contribution in [0.5, 0.6) is 0 Å². The molecule has 0 bridgehead atoms. The van der Waals surface area contributed by atoms with E-state index in [1.54, 1.807) is 18.4 Å². The van der Waals surface area contributed by atoms with Crippen molar-refractivity contribution in [3.63, 3.8) is 0 Å². The fourth-order valence-electron chi connectivity index (χ4n) is 1.30. The SMILES string of the molecule is O=CCc1coc2cc(Cl)ccc12. The minimum Gasteiger partial charge on any atom is -0.464 e. The Morgan fingerprint density at radius 1 is 1.46 bits per heavy atom. The van der Waals surface area contributed by atoms with Crippen LogP contribution in [0.4, 0.5) is 0 Å². The first-order valence-electron chi connectivity index (χ1n) is 3.90. The highest BCUT2D eigenvalue weighted by Crippen LogP contribution is 2.24. The lowest BCUT2D eigenvalue weighted by atomic mass is 10.1. The molecule has 1 aromatic heterocycles. The number of hydrogen-bond acceptors (Lipinski definition) is 2. The van der Waals surface area contributed by atoms with E-state index in [9.17, 15) is 4.79 Å². The molecule has 0 aliphatic carbocycles. The third-order valence-electron chi connectivity index (χ3n) is 1.92. The number of fused-ring (bicyclic) bond motifs is 1. The van der Waals surface area contributed by atoms with Gasteiger partial charge in [0.1, 0.15) is 11.9 Å². The molecule has 0 atom stereocenters. The summed E-state index contributed by atoms with van der Waals surface area (Å²) in [5, 5.41) is 1.59. The van der Waals surface area contributed by atoms with Gasteiger partial charge in [0.2, 0.25) is 0 Å². The number of benzene rings is 1. The number of aldehydes is 1. The Bertz CT molecular complexity index is 445. The van der Waals surface area contributed by atoms with Gasteiger partial charge < -0.3 is 9.21 Å². The zero-order valence-electron chi connectivity index (χ0n) is 6.79. The van der Waals surface area contributed by atoms with Crippen molar-refractivity contribution in [3.05, 3.63) is 35.0 Å². The van der Waals surface area contributed by atoms with E-state index in [-0.39, 0.29) is 0 Å². The summed E-state index contributed by atoms with van der Waals surface area (Å²) < 4.78 is 5.24. The average Bonchev–Trinajstić information content (AvgIpc) is 2.49. The first-order chi connectivity index (χ1) is 6.31. The molecule has 0 amide bonds. The molecular formula is C10H7ClO2. The Hall–Kier alpha value is -1.28. The van der Waals surface area contributed by atoms with E-state index in [2.05, 4.69) is 0 Å². The Morgan fingerprint density at radius 3 is 3.08 bits per heavy atom. The maximum absolute atomic E-state index is 10.3. The highest BCUT2D eigenvalue weighted by Gasteiger charge is 2.04. The van der Waals surface area contributed by atoms with E-state index >= 15 is 0 Å². The van der Waals surface area contributed by atoms with Crippen LogP contribution >= 0.6 is 11.6 Å². The van der Waals surface area contributed by atoms with Crippen LogP contribution in [-0.4, -0.2) is 6.29 Å². The van der Waals surface area contributed by atoms with Gasteiger partial charge in [-0.1, -0.05) is 11.6 Å². The molecule has 1 aromatic carbocycles. The Kier molecular flexibility index (Phi) is 2.07. The number of furan rings is 1. The Labute approximate surface area is 80.1 Å². The molecule has 0 saturated carbocycles. The zero-order valence-corrected chi connectivity index (χ0v) is 7.54. The lowest BCUT2D eigenvalue weighted by Crippen LogP contribution is -1.81. The largest absolute Gasteiger partial charge is 0.464 e. The molecule has 0 aliphatic heterocycles. The molecule has 0 fully saturated rings. The molecule has 1 heterocycles. The molecular weight excluding hydrogens is 188 g/mol. The van der Waals surface area contributed by atoms with Gasteiger partial charge in [-0.15, -0.1) is 0 Å². The highest BCUT2D eigenvalue weighted by molar-refractivity contribution is 6.31. The summed E-state index contributed by atoms with van der Waals surface area (Å²) in [6, 6.07) is 5.39. The Balaban J connectivity index is 2.61. The second-order valence-corrected chi connectivity index (χ2v) is 3.21. The molecule has 3 heteroatoms. The van der Waals surface area contributed by atoms with E-state index in [0.29, 0.717) is 11.4 Å². The minimum absolute atomic E-state index is 0.384. The monoisotopic (exact) mass is 194 g/mol. The number of carbonyl (C=O) groups is 1. The van der Waals surface area contributed by atoms with Crippen molar-refractivity contribution in [2.45, 2.75) is 6.42 Å². The summed E-state index contributed by atoms with van der Waals surface area (Å²) in [5.74, 6) is 0. The van der Waals surface area contributed by atoms with Crippen LogP contribution in [-0.2, 0) is 11.2 Å². The number of halogens is 1. The maximum Gasteiger partial charge on any atom is 0.135 e. The van der Waals surface area contributed by atoms with Crippen molar-refractivity contribution in [2.75, 3.05) is 0 Å². The van der Waals surface area contributed by atoms with Crippen molar-refractivity contribution in [3.8, 4) is 0 Å². The molecule has 0 unspecified atom stereocenters. The van der Waals surface area contributed by atoms with E-state index in [1.807, 2.05) is 6.07 Å². The summed E-state index contributed by atoms with van der Waals surface area (Å²) in [7, 11) is 0. The maximum atomic E-state index is 10.3. The second kappa shape index (κ2) is 3.23. The van der Waals surface area contributed by atoms with Crippen LogP contribution in [0.15, 0.2) is 28.9 Å². The van der Waals surface area contributed by atoms with E-state index in [1.165, 1.54) is 0 Å². The lowest BCUT2D eigenvalue weighted by Gasteiger charge is -1.91. The summed E-state index contributed by atoms with van der Waals surface area (Å²) in [6.45, 7) is 0. The third-order valence-corrected chi connectivity index (χ3v) is 2.16. The smallest absolute Gasteiger partial charge is 0.135 e. The van der Waals surface area contributed by atoms with Crippen molar-refractivity contribution in [2.24, 2.45) is 0 Å². The molecule has 2 rings (SSSR count). The van der Waals surface area contributed by atoms with Crippen LogP contribution in [0, 0.1) is 0 Å². The molecule has 2 nitrogen and oxygen atoms in total. The van der Waals surface area contributed by atoms with Crippen LogP contribution in [0.3, 0.4) is 0 Å². The summed E-state index contributed by atoms with van der Waals surface area (Å²) in [4.78, 5) is 10.3. The normalized spacial score (nSPS) is 10.5. The molecule has 0 N–H and O–H groups in total. The van der Waals surface area contributed by atoms with Gasteiger partial charge in [-0.05, 0) is 18.2 Å². The standard InChI is InChI=1S/C10H7ClO2/c11-8-1-2-9-7(3-4-12)6-13-10(9)5-8/h1-2,4-6H,3H2. The predicted molar refractivity (Wildman–Crippen MR) is 51.0 cm³/mol. The first kappa shape index (κ1) is 8.32. The molecule has 0 aliphatic rings. The van der Waals surface area contributed by atoms with Gasteiger partial charge in [-0.3, -0.25) is 0 Å². The highest BCUT2D eigenvalue weighted by atomic mass is 35.5. The molecule has 2 aromatic rings. The molecule has 13 heavy (non-hydrogen) atoms.